The summed E-state index contributed by atoms with van der Waals surface area (Å²) in [5.41, 5.74) is 0.286. The molecule has 0 aliphatic rings. The van der Waals surface area contributed by atoms with E-state index in [9.17, 15) is 9.59 Å². The van der Waals surface area contributed by atoms with Crippen LogP contribution in [0.2, 0.25) is 0 Å². The van der Waals surface area contributed by atoms with Gasteiger partial charge in [0.15, 0.2) is 0 Å². The first kappa shape index (κ1) is 16.0. The van der Waals surface area contributed by atoms with Crippen LogP contribution in [0.4, 0.5) is 5.69 Å². The Bertz CT molecular complexity index is 926. The minimum absolute atomic E-state index is 0.128. The Balaban J connectivity index is 1.80. The van der Waals surface area contributed by atoms with Crippen molar-refractivity contribution in [1.82, 2.24) is 9.55 Å². The van der Waals surface area contributed by atoms with Gasteiger partial charge in [0.2, 0.25) is 5.91 Å². The van der Waals surface area contributed by atoms with Crippen LogP contribution in [0.3, 0.4) is 0 Å². The molecule has 8 heteroatoms. The van der Waals surface area contributed by atoms with E-state index in [0.29, 0.717) is 27.4 Å². The summed E-state index contributed by atoms with van der Waals surface area (Å²) in [6.07, 6.45) is 1.38. The molecule has 0 radical (unpaired) electrons. The van der Waals surface area contributed by atoms with Crippen molar-refractivity contribution in [1.29, 1.82) is 0 Å². The summed E-state index contributed by atoms with van der Waals surface area (Å²) in [5, 5.41) is 5.04. The molecule has 0 bridgehead atoms. The number of carbonyl (C=O) groups is 1. The molecule has 0 aliphatic carbocycles. The number of rotatable bonds is 5. The van der Waals surface area contributed by atoms with E-state index < -0.39 is 0 Å². The van der Waals surface area contributed by atoms with E-state index in [1.54, 1.807) is 29.6 Å². The molecule has 3 aromatic rings. The number of nitrogens with zero attached hydrogens (tertiary/aromatic N) is 2. The van der Waals surface area contributed by atoms with Crippen LogP contribution < -0.4 is 20.3 Å². The Hall–Kier alpha value is -2.87. The number of fused-ring (bicyclic) bond motifs is 1. The van der Waals surface area contributed by atoms with Crippen LogP contribution in [0.5, 0.6) is 11.5 Å². The van der Waals surface area contributed by atoms with Gasteiger partial charge in [-0.05, 0) is 11.4 Å². The maximum absolute atomic E-state index is 12.3. The molecule has 0 fully saturated rings. The lowest BCUT2D eigenvalue weighted by atomic mass is 10.2. The SMILES string of the molecule is COc1cc(NC(=O)Cn2cnc3sccc3c2=O)cc(OC)c1. The van der Waals surface area contributed by atoms with Gasteiger partial charge in [-0.15, -0.1) is 11.3 Å². The maximum Gasteiger partial charge on any atom is 0.262 e. The third-order valence-electron chi connectivity index (χ3n) is 3.40. The van der Waals surface area contributed by atoms with Gasteiger partial charge in [0.25, 0.3) is 5.56 Å². The fraction of sp³-hybridized carbons (Fsp3) is 0.188. The molecule has 2 aromatic heterocycles. The van der Waals surface area contributed by atoms with Gasteiger partial charge in [-0.1, -0.05) is 0 Å². The van der Waals surface area contributed by atoms with E-state index >= 15 is 0 Å². The van der Waals surface area contributed by atoms with Crippen molar-refractivity contribution in [2.24, 2.45) is 0 Å². The second-order valence-electron chi connectivity index (χ2n) is 4.97. The number of methoxy groups -OCH3 is 2. The smallest absolute Gasteiger partial charge is 0.262 e. The van der Waals surface area contributed by atoms with E-state index in [2.05, 4.69) is 10.3 Å². The second-order valence-corrected chi connectivity index (χ2v) is 5.86. The van der Waals surface area contributed by atoms with Crippen molar-refractivity contribution in [3.8, 4) is 11.5 Å². The predicted molar refractivity (Wildman–Crippen MR) is 92.1 cm³/mol. The lowest BCUT2D eigenvalue weighted by Gasteiger charge is -2.10. The number of benzene rings is 1. The van der Waals surface area contributed by atoms with Crippen molar-refractivity contribution in [2.75, 3.05) is 19.5 Å². The van der Waals surface area contributed by atoms with Crippen LogP contribution in [0.15, 0.2) is 40.8 Å². The van der Waals surface area contributed by atoms with E-state index in [4.69, 9.17) is 9.47 Å². The molecule has 0 saturated heterocycles. The van der Waals surface area contributed by atoms with Crippen molar-refractivity contribution >= 4 is 33.1 Å². The molecule has 0 unspecified atom stereocenters. The van der Waals surface area contributed by atoms with Crippen LogP contribution in [0, 0.1) is 0 Å². The van der Waals surface area contributed by atoms with Gasteiger partial charge in [0.05, 0.1) is 25.9 Å². The molecule has 124 valence electrons. The molecule has 0 atom stereocenters. The van der Waals surface area contributed by atoms with Gasteiger partial charge in [0.1, 0.15) is 22.9 Å². The van der Waals surface area contributed by atoms with Gasteiger partial charge in [-0.3, -0.25) is 14.2 Å². The molecule has 1 N–H and O–H groups in total. The minimum atomic E-state index is -0.344. The highest BCUT2D eigenvalue weighted by Crippen LogP contribution is 2.25. The van der Waals surface area contributed by atoms with E-state index in [0.717, 1.165) is 0 Å². The highest BCUT2D eigenvalue weighted by Gasteiger charge is 2.10. The standard InChI is InChI=1S/C16H15N3O4S/c1-22-11-5-10(6-12(7-11)23-2)18-14(20)8-19-9-17-15-13(16(19)21)3-4-24-15/h3-7,9H,8H2,1-2H3,(H,18,20). The molecule has 2 heterocycles. The molecule has 7 nitrogen and oxygen atoms in total. The summed E-state index contributed by atoms with van der Waals surface area (Å²) in [7, 11) is 3.06. The fourth-order valence-electron chi connectivity index (χ4n) is 2.24. The topological polar surface area (TPSA) is 82.5 Å². The van der Waals surface area contributed by atoms with Crippen LogP contribution in [0.25, 0.3) is 10.2 Å². The van der Waals surface area contributed by atoms with Crippen LogP contribution >= 0.6 is 11.3 Å². The molecular formula is C16H15N3O4S. The third-order valence-corrected chi connectivity index (χ3v) is 4.22. The number of anilines is 1. The van der Waals surface area contributed by atoms with Gasteiger partial charge >= 0.3 is 0 Å². The molecule has 0 aliphatic heterocycles. The van der Waals surface area contributed by atoms with Crippen molar-refractivity contribution in [2.45, 2.75) is 6.54 Å². The number of hydrogen-bond donors (Lipinski definition) is 1. The largest absolute Gasteiger partial charge is 0.497 e. The second kappa shape index (κ2) is 6.71. The predicted octanol–water partition coefficient (Wildman–Crippen LogP) is 2.11. The van der Waals surface area contributed by atoms with E-state index in [-0.39, 0.29) is 18.0 Å². The number of carbonyl (C=O) groups excluding carboxylic acids is 1. The number of aromatic nitrogens is 2. The number of hydrogen-bond acceptors (Lipinski definition) is 6. The van der Waals surface area contributed by atoms with Crippen molar-refractivity contribution < 1.29 is 14.3 Å². The Morgan fingerprint density at radius 3 is 2.62 bits per heavy atom. The number of nitrogens with one attached hydrogen (secondary N) is 1. The number of amides is 1. The lowest BCUT2D eigenvalue weighted by Crippen LogP contribution is -2.27. The Morgan fingerprint density at radius 1 is 1.25 bits per heavy atom. The van der Waals surface area contributed by atoms with Gasteiger partial charge in [-0.2, -0.15) is 0 Å². The average Bonchev–Trinajstić information content (AvgIpc) is 3.06. The maximum atomic E-state index is 12.3. The molecule has 3 rings (SSSR count). The highest BCUT2D eigenvalue weighted by atomic mass is 32.1. The quantitative estimate of drug-likeness (QED) is 0.766. The summed E-state index contributed by atoms with van der Waals surface area (Å²) < 4.78 is 11.6. The normalized spacial score (nSPS) is 10.6. The average molecular weight is 345 g/mol. The first-order chi connectivity index (χ1) is 11.6. The number of ether oxygens (including phenoxy) is 2. The van der Waals surface area contributed by atoms with Gasteiger partial charge in [0, 0.05) is 23.9 Å². The third kappa shape index (κ3) is 3.23. The van der Waals surface area contributed by atoms with E-state index in [1.165, 1.54) is 36.5 Å². The van der Waals surface area contributed by atoms with Crippen LogP contribution in [-0.4, -0.2) is 29.7 Å². The zero-order valence-corrected chi connectivity index (χ0v) is 13.9. The number of thiophene rings is 1. The first-order valence-corrected chi connectivity index (χ1v) is 7.94. The summed E-state index contributed by atoms with van der Waals surface area (Å²) in [6, 6.07) is 6.75. The molecular weight excluding hydrogens is 330 g/mol. The molecule has 1 aromatic carbocycles. The molecule has 1 amide bonds. The summed E-state index contributed by atoms with van der Waals surface area (Å²) in [5.74, 6) is 0.773. The molecule has 24 heavy (non-hydrogen) atoms. The van der Waals surface area contributed by atoms with Crippen LogP contribution in [0.1, 0.15) is 0 Å². The fourth-order valence-corrected chi connectivity index (χ4v) is 2.96. The lowest BCUT2D eigenvalue weighted by molar-refractivity contribution is -0.116. The first-order valence-electron chi connectivity index (χ1n) is 7.06. The van der Waals surface area contributed by atoms with Gasteiger partial charge < -0.3 is 14.8 Å². The minimum Gasteiger partial charge on any atom is -0.497 e. The van der Waals surface area contributed by atoms with Crippen LogP contribution in [-0.2, 0) is 11.3 Å². The summed E-state index contributed by atoms with van der Waals surface area (Å²) >= 11 is 1.39. The Kier molecular flexibility index (Phi) is 4.48. The Morgan fingerprint density at radius 2 is 1.96 bits per heavy atom. The summed E-state index contributed by atoms with van der Waals surface area (Å²) in [4.78, 5) is 29.4. The monoisotopic (exact) mass is 345 g/mol. The van der Waals surface area contributed by atoms with Crippen molar-refractivity contribution in [3.63, 3.8) is 0 Å². The van der Waals surface area contributed by atoms with Gasteiger partial charge in [-0.25, -0.2) is 4.98 Å². The van der Waals surface area contributed by atoms with E-state index in [1.807, 2.05) is 0 Å². The summed E-state index contributed by atoms with van der Waals surface area (Å²) in [6.45, 7) is -0.128. The zero-order chi connectivity index (χ0) is 17.1. The molecule has 0 spiro atoms. The molecule has 0 saturated carbocycles. The Labute approximate surface area is 141 Å². The van der Waals surface area contributed by atoms with Crippen molar-refractivity contribution in [3.05, 3.63) is 46.3 Å². The highest BCUT2D eigenvalue weighted by molar-refractivity contribution is 7.16. The zero-order valence-electron chi connectivity index (χ0n) is 13.1.